The summed E-state index contributed by atoms with van der Waals surface area (Å²) >= 11 is 0. The molecule has 0 N–H and O–H groups in total. The fourth-order valence-corrected chi connectivity index (χ4v) is 4.39. The van der Waals surface area contributed by atoms with Crippen molar-refractivity contribution < 1.29 is 12.9 Å². The Morgan fingerprint density at radius 1 is 1.12 bits per heavy atom. The van der Waals surface area contributed by atoms with E-state index in [-0.39, 0.29) is 0 Å². The van der Waals surface area contributed by atoms with Crippen molar-refractivity contribution in [2.45, 2.75) is 44.6 Å². The van der Waals surface area contributed by atoms with Crippen LogP contribution in [0.15, 0.2) is 33.7 Å². The Labute approximate surface area is 155 Å². The van der Waals surface area contributed by atoms with Gasteiger partial charge in [-0.15, -0.1) is 0 Å². The Kier molecular flexibility index (Phi) is 6.05. The number of benzene rings is 1. The van der Waals surface area contributed by atoms with Gasteiger partial charge in [0.2, 0.25) is 15.9 Å². The maximum Gasteiger partial charge on any atom is 0.243 e. The molecule has 1 aliphatic rings. The number of aromatic nitrogens is 2. The number of hydrogen-bond acceptors (Lipinski definition) is 6. The first-order chi connectivity index (χ1) is 12.5. The summed E-state index contributed by atoms with van der Waals surface area (Å²) in [5.74, 6) is 1.35. The molecule has 1 saturated heterocycles. The molecule has 142 valence electrons. The van der Waals surface area contributed by atoms with Crippen molar-refractivity contribution in [1.82, 2.24) is 19.3 Å². The van der Waals surface area contributed by atoms with E-state index >= 15 is 0 Å². The van der Waals surface area contributed by atoms with Gasteiger partial charge in [-0.25, -0.2) is 8.42 Å². The normalized spacial score (nSPS) is 16.8. The summed E-state index contributed by atoms with van der Waals surface area (Å²) in [6.45, 7) is 6.87. The maximum absolute atomic E-state index is 12.7. The van der Waals surface area contributed by atoms with E-state index in [1.165, 1.54) is 0 Å². The Balaban J connectivity index is 1.55. The number of aryl methyl sites for hydroxylation is 2. The maximum atomic E-state index is 12.7. The molecule has 0 aliphatic carbocycles. The Hall–Kier alpha value is -1.77. The van der Waals surface area contributed by atoms with Crippen LogP contribution in [-0.2, 0) is 23.0 Å². The van der Waals surface area contributed by atoms with Gasteiger partial charge in [0.05, 0.1) is 11.4 Å². The smallest absolute Gasteiger partial charge is 0.243 e. The molecule has 0 spiro atoms. The zero-order valence-electron chi connectivity index (χ0n) is 15.4. The standard InChI is InChI=1S/C18H26N4O3S/c1-3-4-5-17-19-18(25-20-17)14-21-10-12-22(13-11-21)26(23,24)16-8-6-15(2)7-9-16/h6-9H,3-5,10-14H2,1-2H3. The van der Waals surface area contributed by atoms with Crippen LogP contribution in [0.1, 0.15) is 37.0 Å². The summed E-state index contributed by atoms with van der Waals surface area (Å²) in [4.78, 5) is 6.92. The average Bonchev–Trinajstić information content (AvgIpc) is 3.08. The van der Waals surface area contributed by atoms with E-state index in [2.05, 4.69) is 22.0 Å². The number of unbranched alkanes of at least 4 members (excludes halogenated alkanes) is 1. The minimum Gasteiger partial charge on any atom is -0.338 e. The van der Waals surface area contributed by atoms with Gasteiger partial charge in [-0.1, -0.05) is 36.2 Å². The van der Waals surface area contributed by atoms with Gasteiger partial charge < -0.3 is 4.52 Å². The van der Waals surface area contributed by atoms with Crippen LogP contribution >= 0.6 is 0 Å². The van der Waals surface area contributed by atoms with Crippen LogP contribution in [0.3, 0.4) is 0 Å². The molecule has 1 aromatic heterocycles. The highest BCUT2D eigenvalue weighted by molar-refractivity contribution is 7.89. The number of rotatable bonds is 7. The molecule has 0 unspecified atom stereocenters. The first-order valence-corrected chi connectivity index (χ1v) is 10.5. The highest BCUT2D eigenvalue weighted by atomic mass is 32.2. The lowest BCUT2D eigenvalue weighted by atomic mass is 10.2. The summed E-state index contributed by atoms with van der Waals surface area (Å²) in [5, 5.41) is 4.00. The van der Waals surface area contributed by atoms with Gasteiger partial charge in [-0.2, -0.15) is 9.29 Å². The van der Waals surface area contributed by atoms with Crippen molar-refractivity contribution in [2.75, 3.05) is 26.2 Å². The number of piperazine rings is 1. The van der Waals surface area contributed by atoms with Crippen molar-refractivity contribution in [3.8, 4) is 0 Å². The second kappa shape index (κ2) is 8.28. The lowest BCUT2D eigenvalue weighted by Crippen LogP contribution is -2.48. The molecule has 2 aromatic rings. The predicted molar refractivity (Wildman–Crippen MR) is 98.1 cm³/mol. The minimum atomic E-state index is -3.43. The van der Waals surface area contributed by atoms with Gasteiger partial charge in [0, 0.05) is 32.6 Å². The summed E-state index contributed by atoms with van der Waals surface area (Å²) in [6, 6.07) is 7.00. The van der Waals surface area contributed by atoms with Crippen LogP contribution in [0.5, 0.6) is 0 Å². The van der Waals surface area contributed by atoms with Crippen molar-refractivity contribution in [3.05, 3.63) is 41.5 Å². The monoisotopic (exact) mass is 378 g/mol. The van der Waals surface area contributed by atoms with E-state index in [1.807, 2.05) is 19.1 Å². The molecule has 0 atom stereocenters. The van der Waals surface area contributed by atoms with Gasteiger partial charge >= 0.3 is 0 Å². The second-order valence-electron chi connectivity index (χ2n) is 6.70. The van der Waals surface area contributed by atoms with Gasteiger partial charge in [0.25, 0.3) is 0 Å². The molecule has 0 radical (unpaired) electrons. The van der Waals surface area contributed by atoms with Gasteiger partial charge in [-0.3, -0.25) is 4.90 Å². The van der Waals surface area contributed by atoms with E-state index in [1.54, 1.807) is 16.4 Å². The van der Waals surface area contributed by atoms with Gasteiger partial charge in [0.1, 0.15) is 0 Å². The number of sulfonamides is 1. The van der Waals surface area contributed by atoms with E-state index in [9.17, 15) is 8.42 Å². The zero-order valence-corrected chi connectivity index (χ0v) is 16.2. The lowest BCUT2D eigenvalue weighted by molar-refractivity contribution is 0.163. The molecule has 0 bridgehead atoms. The average molecular weight is 378 g/mol. The summed E-state index contributed by atoms with van der Waals surface area (Å²) in [5.41, 5.74) is 1.05. The van der Waals surface area contributed by atoms with Crippen LogP contribution in [-0.4, -0.2) is 53.9 Å². The molecule has 1 aromatic carbocycles. The molecule has 7 nitrogen and oxygen atoms in total. The second-order valence-corrected chi connectivity index (χ2v) is 8.64. The van der Waals surface area contributed by atoms with Crippen molar-refractivity contribution in [1.29, 1.82) is 0 Å². The Bertz CT molecular complexity index is 809. The molecular weight excluding hydrogens is 352 g/mol. The highest BCUT2D eigenvalue weighted by Crippen LogP contribution is 2.19. The molecule has 26 heavy (non-hydrogen) atoms. The molecule has 1 fully saturated rings. The summed E-state index contributed by atoms with van der Waals surface area (Å²) in [6.07, 6.45) is 2.98. The number of nitrogens with zero attached hydrogens (tertiary/aromatic N) is 4. The fraction of sp³-hybridized carbons (Fsp3) is 0.556. The first-order valence-electron chi connectivity index (χ1n) is 9.09. The largest absolute Gasteiger partial charge is 0.338 e. The Morgan fingerprint density at radius 2 is 1.81 bits per heavy atom. The van der Waals surface area contributed by atoms with Crippen LogP contribution in [0.25, 0.3) is 0 Å². The molecule has 1 aliphatic heterocycles. The minimum absolute atomic E-state index is 0.356. The third-order valence-corrected chi connectivity index (χ3v) is 6.53. The highest BCUT2D eigenvalue weighted by Gasteiger charge is 2.28. The van der Waals surface area contributed by atoms with Crippen LogP contribution in [0, 0.1) is 6.92 Å². The van der Waals surface area contributed by atoms with E-state index < -0.39 is 10.0 Å². The third kappa shape index (κ3) is 4.49. The topological polar surface area (TPSA) is 79.5 Å². The van der Waals surface area contributed by atoms with E-state index in [0.29, 0.717) is 43.5 Å². The summed E-state index contributed by atoms with van der Waals surface area (Å²) < 4.78 is 32.3. The van der Waals surface area contributed by atoms with Crippen LogP contribution < -0.4 is 0 Å². The summed E-state index contributed by atoms with van der Waals surface area (Å²) in [7, 11) is -3.43. The fourth-order valence-electron chi connectivity index (χ4n) is 2.97. The lowest BCUT2D eigenvalue weighted by Gasteiger charge is -2.33. The van der Waals surface area contributed by atoms with E-state index in [4.69, 9.17) is 4.52 Å². The molecule has 0 saturated carbocycles. The van der Waals surface area contributed by atoms with E-state index in [0.717, 1.165) is 30.7 Å². The number of hydrogen-bond donors (Lipinski definition) is 0. The quantitative estimate of drug-likeness (QED) is 0.735. The van der Waals surface area contributed by atoms with Crippen molar-refractivity contribution >= 4 is 10.0 Å². The van der Waals surface area contributed by atoms with Gasteiger partial charge in [-0.05, 0) is 25.5 Å². The molecule has 3 rings (SSSR count). The zero-order chi connectivity index (χ0) is 18.6. The molecule has 0 amide bonds. The molecular formula is C18H26N4O3S. The third-order valence-electron chi connectivity index (χ3n) is 4.61. The van der Waals surface area contributed by atoms with Crippen molar-refractivity contribution in [2.24, 2.45) is 0 Å². The van der Waals surface area contributed by atoms with Crippen LogP contribution in [0.2, 0.25) is 0 Å². The van der Waals surface area contributed by atoms with Crippen LogP contribution in [0.4, 0.5) is 0 Å². The Morgan fingerprint density at radius 3 is 2.46 bits per heavy atom. The van der Waals surface area contributed by atoms with Gasteiger partial charge in [0.15, 0.2) is 5.82 Å². The molecule has 2 heterocycles. The van der Waals surface area contributed by atoms with Crippen molar-refractivity contribution in [3.63, 3.8) is 0 Å². The SMILES string of the molecule is CCCCc1noc(CN2CCN(S(=O)(=O)c3ccc(C)cc3)CC2)n1. The predicted octanol–water partition coefficient (Wildman–Crippen LogP) is 2.23. The molecule has 8 heteroatoms. The first kappa shape index (κ1) is 19.0.